The molecule has 0 aliphatic rings. The van der Waals surface area contributed by atoms with Crippen LogP contribution in [0.25, 0.3) is 137 Å². The van der Waals surface area contributed by atoms with Gasteiger partial charge in [0.1, 0.15) is 5.65 Å². The maximum Gasteiger partial charge on any atom is 0.264 e. The summed E-state index contributed by atoms with van der Waals surface area (Å²) in [4.78, 5) is 35.0. The van der Waals surface area contributed by atoms with Crippen molar-refractivity contribution in [2.24, 2.45) is 0 Å². The van der Waals surface area contributed by atoms with Gasteiger partial charge < -0.3 is 0 Å². The van der Waals surface area contributed by atoms with Gasteiger partial charge in [0.15, 0.2) is 0 Å². The van der Waals surface area contributed by atoms with Crippen molar-refractivity contribution in [3.05, 3.63) is 173 Å². The van der Waals surface area contributed by atoms with Crippen LogP contribution in [-0.2, 0) is 0 Å². The number of benzene rings is 11. The first-order valence-corrected chi connectivity index (χ1v) is 21.9. The largest absolute Gasteiger partial charge is 0.277 e. The van der Waals surface area contributed by atoms with E-state index in [0.29, 0.717) is 112 Å². The molecule has 0 spiro atoms. The van der Waals surface area contributed by atoms with Crippen molar-refractivity contribution in [3.8, 4) is 5.69 Å². The number of halogens is 4. The number of aromatic nitrogens is 3. The van der Waals surface area contributed by atoms with Gasteiger partial charge >= 0.3 is 0 Å². The molecule has 0 fully saturated rings. The highest BCUT2D eigenvalue weighted by Crippen LogP contribution is 2.53. The molecule has 63 heavy (non-hydrogen) atoms. The van der Waals surface area contributed by atoms with Crippen LogP contribution < -0.4 is 16.5 Å². The fourth-order valence-electron chi connectivity index (χ4n) is 10.8. The third-order valence-corrected chi connectivity index (χ3v) is 14.7. The third-order valence-electron chi connectivity index (χ3n) is 13.5. The monoisotopic (exact) mass is 887 g/mol. The summed E-state index contributed by atoms with van der Waals surface area (Å²) in [6, 6.07) is 40.4. The van der Waals surface area contributed by atoms with E-state index in [9.17, 15) is 4.79 Å². The first-order chi connectivity index (χ1) is 30.5. The summed E-state index contributed by atoms with van der Waals surface area (Å²) in [6.07, 6.45) is 0. The molecular formula is C54H25Cl4N3O2. The van der Waals surface area contributed by atoms with Crippen LogP contribution in [0.3, 0.4) is 0 Å². The molecule has 0 N–H and O–H groups in total. The minimum absolute atomic E-state index is 0.255. The lowest BCUT2D eigenvalue weighted by Crippen LogP contribution is -2.32. The van der Waals surface area contributed by atoms with Crippen LogP contribution in [0.15, 0.2) is 131 Å². The Kier molecular flexibility index (Phi) is 6.85. The first-order valence-electron chi connectivity index (χ1n) is 20.4. The van der Waals surface area contributed by atoms with Crippen LogP contribution in [0.5, 0.6) is 0 Å². The van der Waals surface area contributed by atoms with Crippen molar-refractivity contribution >= 4 is 177 Å². The molecule has 0 amide bonds. The molecule has 0 saturated carbocycles. The molecule has 3 aromatic heterocycles. The molecule has 9 heteroatoms. The Balaban J connectivity index is 1.11. The Bertz CT molecular complexity index is 4600. The Labute approximate surface area is 374 Å². The van der Waals surface area contributed by atoms with Gasteiger partial charge in [-0.3, -0.25) is 18.6 Å². The average Bonchev–Trinajstić information content (AvgIpc) is 3.64. The Hall–Kier alpha value is -6.73. The number of rotatable bonds is 1. The SMILES string of the molecule is C=c1c2cc(Cl)c3c4c(Cl)cc5c(=O)n6c7cc8cc9ccccc9cc8cc7nc6c6cc(Cl)c(c7c(Cl)cc(c(=O)n1-c1cc8cc9ccccc9cc8cc1C)c2c37)c4c56. The average molecular weight is 890 g/mol. The highest BCUT2D eigenvalue weighted by atomic mass is 35.5. The molecule has 0 atom stereocenters. The zero-order valence-corrected chi connectivity index (χ0v) is 35.9. The number of imidazole rings is 1. The zero-order valence-electron chi connectivity index (χ0n) is 32.9. The normalized spacial score (nSPS) is 12.7. The molecule has 14 aromatic rings. The number of aryl methyl sites for hydroxylation is 1. The van der Waals surface area contributed by atoms with Crippen molar-refractivity contribution in [1.82, 2.24) is 14.0 Å². The molecule has 0 radical (unpaired) electrons. The smallest absolute Gasteiger partial charge is 0.264 e. The molecule has 0 unspecified atom stereocenters. The molecule has 14 rings (SSSR count). The molecule has 0 bridgehead atoms. The van der Waals surface area contributed by atoms with Crippen molar-refractivity contribution in [2.75, 3.05) is 0 Å². The van der Waals surface area contributed by atoms with Crippen molar-refractivity contribution in [3.63, 3.8) is 0 Å². The lowest BCUT2D eigenvalue weighted by atomic mass is 9.85. The fourth-order valence-corrected chi connectivity index (χ4v) is 12.0. The summed E-state index contributed by atoms with van der Waals surface area (Å²) in [5, 5.41) is 17.7. The maximum absolute atomic E-state index is 15.0. The van der Waals surface area contributed by atoms with Crippen LogP contribution in [0.2, 0.25) is 20.1 Å². The van der Waals surface area contributed by atoms with Crippen LogP contribution in [0.1, 0.15) is 5.56 Å². The second-order valence-electron chi connectivity index (χ2n) is 16.9. The highest BCUT2D eigenvalue weighted by molar-refractivity contribution is 6.56. The summed E-state index contributed by atoms with van der Waals surface area (Å²) in [7, 11) is 0. The predicted molar refractivity (Wildman–Crippen MR) is 268 cm³/mol. The van der Waals surface area contributed by atoms with Crippen LogP contribution in [-0.4, -0.2) is 14.0 Å². The van der Waals surface area contributed by atoms with Crippen molar-refractivity contribution in [2.45, 2.75) is 6.92 Å². The summed E-state index contributed by atoms with van der Waals surface area (Å²) >= 11 is 29.7. The van der Waals surface area contributed by atoms with Gasteiger partial charge in [0.2, 0.25) is 0 Å². The summed E-state index contributed by atoms with van der Waals surface area (Å²) < 4.78 is 3.33. The molecule has 11 aromatic carbocycles. The lowest BCUT2D eigenvalue weighted by Gasteiger charge is -2.22. The highest BCUT2D eigenvalue weighted by Gasteiger charge is 2.29. The van der Waals surface area contributed by atoms with Gasteiger partial charge in [0.05, 0.1) is 27.5 Å². The molecule has 3 heterocycles. The Morgan fingerprint density at radius 1 is 0.460 bits per heavy atom. The first kappa shape index (κ1) is 35.8. The second kappa shape index (κ2) is 12.0. The number of hydrogen-bond acceptors (Lipinski definition) is 3. The number of fused-ring (bicyclic) bond motifs is 10. The van der Waals surface area contributed by atoms with E-state index in [-0.39, 0.29) is 11.1 Å². The van der Waals surface area contributed by atoms with Gasteiger partial charge in [-0.25, -0.2) is 4.98 Å². The van der Waals surface area contributed by atoms with E-state index in [2.05, 4.69) is 61.2 Å². The van der Waals surface area contributed by atoms with Crippen molar-refractivity contribution < 1.29 is 0 Å². The quantitative estimate of drug-likeness (QED) is 0.122. The summed E-state index contributed by atoms with van der Waals surface area (Å²) in [5.41, 5.74) is 2.96. The zero-order chi connectivity index (χ0) is 42.5. The van der Waals surface area contributed by atoms with Gasteiger partial charge in [0, 0.05) is 79.3 Å². The summed E-state index contributed by atoms with van der Waals surface area (Å²) in [6.45, 7) is 6.54. The lowest BCUT2D eigenvalue weighted by molar-refractivity contribution is 0.971. The molecule has 0 aliphatic carbocycles. The van der Waals surface area contributed by atoms with Gasteiger partial charge in [-0.2, -0.15) is 0 Å². The molecule has 0 saturated heterocycles. The van der Waals surface area contributed by atoms with E-state index >= 15 is 4.79 Å². The molecule has 5 nitrogen and oxygen atoms in total. The Morgan fingerprint density at radius 3 is 1.46 bits per heavy atom. The minimum Gasteiger partial charge on any atom is -0.277 e. The number of hydrogen-bond donors (Lipinski definition) is 0. The topological polar surface area (TPSA) is 56.4 Å². The van der Waals surface area contributed by atoms with Gasteiger partial charge in [0.25, 0.3) is 11.1 Å². The Morgan fingerprint density at radius 2 is 0.905 bits per heavy atom. The minimum atomic E-state index is -0.268. The van der Waals surface area contributed by atoms with Gasteiger partial charge in [-0.1, -0.05) is 102 Å². The van der Waals surface area contributed by atoms with E-state index in [1.54, 1.807) is 21.1 Å². The van der Waals surface area contributed by atoms with E-state index < -0.39 is 0 Å². The van der Waals surface area contributed by atoms with E-state index in [0.717, 1.165) is 48.7 Å². The van der Waals surface area contributed by atoms with Crippen LogP contribution in [0.4, 0.5) is 0 Å². The molecule has 0 aliphatic heterocycles. The number of nitrogens with zero attached hydrogens (tertiary/aromatic N) is 3. The molecular weight excluding hydrogens is 864 g/mol. The van der Waals surface area contributed by atoms with Gasteiger partial charge in [-0.15, -0.1) is 0 Å². The predicted octanol–water partition coefficient (Wildman–Crippen LogP) is 14.5. The summed E-state index contributed by atoms with van der Waals surface area (Å²) in [5.74, 6) is 0. The maximum atomic E-state index is 15.0. The van der Waals surface area contributed by atoms with Crippen molar-refractivity contribution in [1.29, 1.82) is 0 Å². The van der Waals surface area contributed by atoms with E-state index in [1.807, 2.05) is 61.5 Å². The van der Waals surface area contributed by atoms with Crippen LogP contribution in [0, 0.1) is 6.92 Å². The van der Waals surface area contributed by atoms with Crippen LogP contribution >= 0.6 is 46.4 Å². The molecule has 296 valence electrons. The standard InChI is InChI=1S/C54H25Cl4N3O2/c1-23-11-29-12-25-7-3-5-9-27(25)14-31(29)17-42(23)60-24(2)33-19-37(55)46-49-40(58)22-36-45-34(20-38(56)47(51(45)49)48-39(57)21-35(53(60)62)44(33)50(46)48)52-59-41-16-30-13-26-8-4-6-10-28(26)15-32(30)18-43(41)61(52)54(36)63/h3-22H,2H2,1H3. The second-order valence-corrected chi connectivity index (χ2v) is 18.5. The fraction of sp³-hybridized carbons (Fsp3) is 0.0185. The van der Waals surface area contributed by atoms with E-state index in [1.165, 1.54) is 0 Å². The third kappa shape index (κ3) is 4.47. The van der Waals surface area contributed by atoms with E-state index in [4.69, 9.17) is 51.4 Å². The van der Waals surface area contributed by atoms with Gasteiger partial charge in [-0.05, 0) is 128 Å². The number of pyridine rings is 2.